The predicted molar refractivity (Wildman–Crippen MR) is 60.5 cm³/mol. The van der Waals surface area contributed by atoms with Crippen molar-refractivity contribution < 1.29 is 9.84 Å². The Bertz CT molecular complexity index is 355. The fourth-order valence-corrected chi connectivity index (χ4v) is 2.27. The molecule has 0 saturated heterocycles. The van der Waals surface area contributed by atoms with Gasteiger partial charge in [-0.3, -0.25) is 0 Å². The molecule has 2 nitrogen and oxygen atoms in total. The number of rotatable bonds is 3. The van der Waals surface area contributed by atoms with Crippen molar-refractivity contribution in [3.8, 4) is 5.75 Å². The average Bonchev–Trinajstić information content (AvgIpc) is 2.97. The molecule has 0 aliphatic heterocycles. The van der Waals surface area contributed by atoms with Crippen LogP contribution in [0.5, 0.6) is 5.75 Å². The van der Waals surface area contributed by atoms with E-state index in [9.17, 15) is 5.11 Å². The maximum absolute atomic E-state index is 9.39. The molecule has 1 N–H and O–H groups in total. The van der Waals surface area contributed by atoms with Gasteiger partial charge >= 0.3 is 0 Å². The highest BCUT2D eigenvalue weighted by Gasteiger charge is 2.43. The van der Waals surface area contributed by atoms with E-state index in [1.807, 2.05) is 0 Å². The van der Waals surface area contributed by atoms with E-state index in [0.717, 1.165) is 29.7 Å². The lowest BCUT2D eigenvalue weighted by Crippen LogP contribution is -2.12. The first-order valence-electron chi connectivity index (χ1n) is 5.39. The maximum atomic E-state index is 9.39. The molecule has 0 aromatic heterocycles. The van der Waals surface area contributed by atoms with Crippen molar-refractivity contribution in [2.75, 3.05) is 13.7 Å². The first-order valence-corrected chi connectivity index (χ1v) is 5.39. The third-order valence-corrected chi connectivity index (χ3v) is 3.43. The summed E-state index contributed by atoms with van der Waals surface area (Å²) in [5.74, 6) is 0.965. The van der Waals surface area contributed by atoms with Crippen molar-refractivity contribution >= 4 is 0 Å². The third-order valence-electron chi connectivity index (χ3n) is 3.43. The summed E-state index contributed by atoms with van der Waals surface area (Å²) >= 11 is 0. The van der Waals surface area contributed by atoms with Crippen LogP contribution in [-0.4, -0.2) is 18.8 Å². The average molecular weight is 206 g/mol. The van der Waals surface area contributed by atoms with E-state index in [0.29, 0.717) is 0 Å². The Balaban J connectivity index is 2.44. The summed E-state index contributed by atoms with van der Waals surface area (Å²) in [6.45, 7) is 4.38. The number of methoxy groups -OCH3 is 1. The normalized spacial score (nSPS) is 17.6. The van der Waals surface area contributed by atoms with E-state index in [2.05, 4.69) is 26.0 Å². The Morgan fingerprint density at radius 1 is 1.27 bits per heavy atom. The van der Waals surface area contributed by atoms with E-state index in [-0.39, 0.29) is 12.0 Å². The highest BCUT2D eigenvalue weighted by molar-refractivity contribution is 5.47. The van der Waals surface area contributed by atoms with E-state index in [4.69, 9.17) is 4.74 Å². The van der Waals surface area contributed by atoms with Gasteiger partial charge in [-0.25, -0.2) is 0 Å². The van der Waals surface area contributed by atoms with Crippen molar-refractivity contribution in [3.63, 3.8) is 0 Å². The Kier molecular flexibility index (Phi) is 2.47. The molecule has 1 aliphatic carbocycles. The molecular formula is C13H18O2. The van der Waals surface area contributed by atoms with E-state index in [1.54, 1.807) is 7.11 Å². The van der Waals surface area contributed by atoms with Crippen LogP contribution in [0.1, 0.15) is 29.5 Å². The summed E-state index contributed by atoms with van der Waals surface area (Å²) in [5, 5.41) is 9.39. The fourth-order valence-electron chi connectivity index (χ4n) is 2.27. The van der Waals surface area contributed by atoms with Gasteiger partial charge in [-0.15, -0.1) is 0 Å². The monoisotopic (exact) mass is 206 g/mol. The molecule has 1 aromatic rings. The zero-order valence-electron chi connectivity index (χ0n) is 9.63. The van der Waals surface area contributed by atoms with Crippen LogP contribution in [0.4, 0.5) is 0 Å². The molecule has 2 heteroatoms. The molecule has 0 unspecified atom stereocenters. The van der Waals surface area contributed by atoms with Crippen molar-refractivity contribution in [2.45, 2.75) is 32.1 Å². The van der Waals surface area contributed by atoms with Crippen LogP contribution >= 0.6 is 0 Å². The van der Waals surface area contributed by atoms with Gasteiger partial charge in [0.25, 0.3) is 0 Å². The van der Waals surface area contributed by atoms with Crippen LogP contribution < -0.4 is 4.74 Å². The molecule has 82 valence electrons. The lowest BCUT2D eigenvalue weighted by atomic mass is 9.93. The molecule has 1 aromatic carbocycles. The molecule has 1 aliphatic rings. The number of aliphatic hydroxyl groups excluding tert-OH is 1. The van der Waals surface area contributed by atoms with Crippen molar-refractivity contribution in [1.82, 2.24) is 0 Å². The van der Waals surface area contributed by atoms with Gasteiger partial charge in [0.1, 0.15) is 5.75 Å². The molecular weight excluding hydrogens is 188 g/mol. The summed E-state index contributed by atoms with van der Waals surface area (Å²) in [7, 11) is 1.70. The molecule has 0 spiro atoms. The number of benzene rings is 1. The second-order valence-corrected chi connectivity index (χ2v) is 4.58. The highest BCUT2D eigenvalue weighted by Crippen LogP contribution is 2.48. The smallest absolute Gasteiger partial charge is 0.124 e. The Morgan fingerprint density at radius 3 is 2.13 bits per heavy atom. The molecule has 0 heterocycles. The molecule has 15 heavy (non-hydrogen) atoms. The molecule has 0 amide bonds. The first-order chi connectivity index (χ1) is 7.13. The largest absolute Gasteiger partial charge is 0.496 e. The van der Waals surface area contributed by atoms with Crippen LogP contribution in [0.25, 0.3) is 0 Å². The van der Waals surface area contributed by atoms with Crippen molar-refractivity contribution in [3.05, 3.63) is 28.8 Å². The number of ether oxygens (including phenoxy) is 1. The second-order valence-electron chi connectivity index (χ2n) is 4.58. The number of hydrogen-bond donors (Lipinski definition) is 1. The van der Waals surface area contributed by atoms with Crippen LogP contribution in [0, 0.1) is 13.8 Å². The van der Waals surface area contributed by atoms with Gasteiger partial charge in [0, 0.05) is 5.41 Å². The van der Waals surface area contributed by atoms with Gasteiger partial charge in [0.2, 0.25) is 0 Å². The minimum absolute atomic E-state index is 0.0573. The number of aliphatic hydroxyl groups is 1. The summed E-state index contributed by atoms with van der Waals surface area (Å²) in [4.78, 5) is 0. The summed E-state index contributed by atoms with van der Waals surface area (Å²) in [6, 6.07) is 4.30. The highest BCUT2D eigenvalue weighted by atomic mass is 16.5. The third kappa shape index (κ3) is 1.63. The quantitative estimate of drug-likeness (QED) is 0.822. The SMILES string of the molecule is COc1c(C)cc(C2(CO)CC2)cc1C. The zero-order valence-corrected chi connectivity index (χ0v) is 9.63. The summed E-state index contributed by atoms with van der Waals surface area (Å²) < 4.78 is 5.33. The van der Waals surface area contributed by atoms with Gasteiger partial charge in [-0.2, -0.15) is 0 Å². The summed E-state index contributed by atoms with van der Waals surface area (Å²) in [6.07, 6.45) is 2.21. The fraction of sp³-hybridized carbons (Fsp3) is 0.538. The molecule has 2 rings (SSSR count). The van der Waals surface area contributed by atoms with Crippen molar-refractivity contribution in [1.29, 1.82) is 0 Å². The van der Waals surface area contributed by atoms with Gasteiger partial charge in [0.05, 0.1) is 13.7 Å². The van der Waals surface area contributed by atoms with Gasteiger partial charge in [0.15, 0.2) is 0 Å². The van der Waals surface area contributed by atoms with E-state index < -0.39 is 0 Å². The molecule has 1 fully saturated rings. The Morgan fingerprint density at radius 2 is 1.80 bits per heavy atom. The second kappa shape index (κ2) is 3.53. The minimum Gasteiger partial charge on any atom is -0.496 e. The van der Waals surface area contributed by atoms with E-state index in [1.165, 1.54) is 5.56 Å². The van der Waals surface area contributed by atoms with Crippen LogP contribution in [0.3, 0.4) is 0 Å². The Labute approximate surface area is 90.9 Å². The molecule has 0 bridgehead atoms. The van der Waals surface area contributed by atoms with Crippen LogP contribution in [-0.2, 0) is 5.41 Å². The lowest BCUT2D eigenvalue weighted by Gasteiger charge is -2.16. The molecule has 0 radical (unpaired) electrons. The lowest BCUT2D eigenvalue weighted by molar-refractivity contribution is 0.255. The standard InChI is InChI=1S/C13H18O2/c1-9-6-11(13(8-14)4-5-13)7-10(2)12(9)15-3/h6-7,14H,4-5,8H2,1-3H3. The van der Waals surface area contributed by atoms with Gasteiger partial charge < -0.3 is 9.84 Å². The zero-order chi connectivity index (χ0) is 11.1. The van der Waals surface area contributed by atoms with E-state index >= 15 is 0 Å². The molecule has 0 atom stereocenters. The molecule has 1 saturated carbocycles. The number of aryl methyl sites for hydroxylation is 2. The minimum atomic E-state index is 0.0573. The summed E-state index contributed by atoms with van der Waals surface area (Å²) in [5.41, 5.74) is 3.64. The predicted octanol–water partition coefficient (Wildman–Crippen LogP) is 2.34. The maximum Gasteiger partial charge on any atom is 0.124 e. The topological polar surface area (TPSA) is 29.5 Å². The van der Waals surface area contributed by atoms with Gasteiger partial charge in [-0.05, 0) is 43.4 Å². The first kappa shape index (κ1) is 10.5. The van der Waals surface area contributed by atoms with Crippen LogP contribution in [0.2, 0.25) is 0 Å². The Hall–Kier alpha value is -1.02. The van der Waals surface area contributed by atoms with Gasteiger partial charge in [-0.1, -0.05) is 12.1 Å². The van der Waals surface area contributed by atoms with Crippen LogP contribution in [0.15, 0.2) is 12.1 Å². The van der Waals surface area contributed by atoms with Crippen molar-refractivity contribution in [2.24, 2.45) is 0 Å². The number of hydrogen-bond acceptors (Lipinski definition) is 2.